The number of benzene rings is 1. The van der Waals surface area contributed by atoms with Crippen LogP contribution in [-0.2, 0) is 6.42 Å². The minimum atomic E-state index is 0.0251. The van der Waals surface area contributed by atoms with Gasteiger partial charge in [0.1, 0.15) is 0 Å². The summed E-state index contributed by atoms with van der Waals surface area (Å²) in [6.45, 7) is 0.741. The maximum absolute atomic E-state index is 12.3. The first-order valence-corrected chi connectivity index (χ1v) is 7.17. The number of nitrogens with one attached hydrogen (secondary N) is 2. The van der Waals surface area contributed by atoms with Crippen LogP contribution in [0.25, 0.3) is 22.0 Å². The molecular formula is C17H15N3O. The average molecular weight is 277 g/mol. The number of amides is 1. The molecule has 2 aromatic heterocycles. The molecule has 0 spiro atoms. The summed E-state index contributed by atoms with van der Waals surface area (Å²) in [5, 5.41) is 3.96. The van der Waals surface area contributed by atoms with E-state index in [2.05, 4.69) is 21.4 Å². The predicted molar refractivity (Wildman–Crippen MR) is 82.2 cm³/mol. The molecule has 21 heavy (non-hydrogen) atoms. The number of nitrogens with zero attached hydrogens (tertiary/aromatic N) is 1. The molecular weight excluding hydrogens is 262 g/mol. The summed E-state index contributed by atoms with van der Waals surface area (Å²) in [6, 6.07) is 10.0. The molecule has 104 valence electrons. The summed E-state index contributed by atoms with van der Waals surface area (Å²) in [5.41, 5.74) is 5.00. The van der Waals surface area contributed by atoms with E-state index in [9.17, 15) is 4.79 Å². The van der Waals surface area contributed by atoms with Gasteiger partial charge in [0.2, 0.25) is 0 Å². The van der Waals surface area contributed by atoms with Crippen molar-refractivity contribution in [1.82, 2.24) is 15.3 Å². The van der Waals surface area contributed by atoms with E-state index in [-0.39, 0.29) is 5.91 Å². The first-order valence-electron chi connectivity index (χ1n) is 7.17. The van der Waals surface area contributed by atoms with Crippen molar-refractivity contribution in [3.8, 4) is 11.1 Å². The molecule has 0 aliphatic carbocycles. The van der Waals surface area contributed by atoms with Crippen molar-refractivity contribution >= 4 is 16.8 Å². The van der Waals surface area contributed by atoms with Crippen LogP contribution in [0.4, 0.5) is 0 Å². The molecule has 1 aliphatic rings. The van der Waals surface area contributed by atoms with Crippen molar-refractivity contribution in [2.24, 2.45) is 0 Å². The summed E-state index contributed by atoms with van der Waals surface area (Å²) in [4.78, 5) is 19.9. The van der Waals surface area contributed by atoms with Gasteiger partial charge in [-0.2, -0.15) is 0 Å². The molecule has 1 aliphatic heterocycles. The second-order valence-corrected chi connectivity index (χ2v) is 5.31. The molecule has 2 N–H and O–H groups in total. The molecule has 0 bridgehead atoms. The fourth-order valence-corrected chi connectivity index (χ4v) is 3.04. The van der Waals surface area contributed by atoms with Crippen molar-refractivity contribution in [2.45, 2.75) is 12.8 Å². The van der Waals surface area contributed by atoms with Gasteiger partial charge in [0.25, 0.3) is 5.91 Å². The highest BCUT2D eigenvalue weighted by Crippen LogP contribution is 2.32. The van der Waals surface area contributed by atoms with E-state index in [1.165, 1.54) is 0 Å². The van der Waals surface area contributed by atoms with Gasteiger partial charge in [-0.1, -0.05) is 24.3 Å². The molecule has 0 unspecified atom stereocenters. The molecule has 0 atom stereocenters. The van der Waals surface area contributed by atoms with Crippen LogP contribution in [0.5, 0.6) is 0 Å². The van der Waals surface area contributed by atoms with E-state index in [1.807, 2.05) is 30.5 Å². The summed E-state index contributed by atoms with van der Waals surface area (Å²) >= 11 is 0. The minimum Gasteiger partial charge on any atom is -0.357 e. The maximum atomic E-state index is 12.3. The largest absolute Gasteiger partial charge is 0.357 e. The number of para-hydroxylation sites is 1. The van der Waals surface area contributed by atoms with Crippen LogP contribution in [0, 0.1) is 0 Å². The molecule has 4 rings (SSSR count). The normalized spacial score (nSPS) is 14.6. The van der Waals surface area contributed by atoms with Crippen molar-refractivity contribution in [1.29, 1.82) is 0 Å². The zero-order valence-corrected chi connectivity index (χ0v) is 11.5. The summed E-state index contributed by atoms with van der Waals surface area (Å²) in [6.07, 6.45) is 5.48. The first kappa shape index (κ1) is 12.1. The Morgan fingerprint density at radius 3 is 2.95 bits per heavy atom. The summed E-state index contributed by atoms with van der Waals surface area (Å²) in [5.74, 6) is 0.0251. The molecule has 0 fully saturated rings. The van der Waals surface area contributed by atoms with Crippen molar-refractivity contribution in [2.75, 3.05) is 6.54 Å². The van der Waals surface area contributed by atoms with Crippen LogP contribution in [0.1, 0.15) is 22.5 Å². The van der Waals surface area contributed by atoms with Gasteiger partial charge in [-0.3, -0.25) is 9.78 Å². The lowest BCUT2D eigenvalue weighted by atomic mass is 10.0. The SMILES string of the molecule is O=C1NCCCc2[nH]c3c(-c4cccnc4)cccc3c21. The Kier molecular flexibility index (Phi) is 2.74. The number of hydrogen-bond donors (Lipinski definition) is 2. The van der Waals surface area contributed by atoms with Gasteiger partial charge in [0.05, 0.1) is 11.1 Å². The van der Waals surface area contributed by atoms with E-state index in [1.54, 1.807) is 6.20 Å². The van der Waals surface area contributed by atoms with Crippen LogP contribution >= 0.6 is 0 Å². The Balaban J connectivity index is 2.00. The third kappa shape index (κ3) is 1.91. The van der Waals surface area contributed by atoms with Gasteiger partial charge in [-0.15, -0.1) is 0 Å². The molecule has 4 heteroatoms. The second kappa shape index (κ2) is 4.74. The zero-order chi connectivity index (χ0) is 14.2. The highest BCUT2D eigenvalue weighted by Gasteiger charge is 2.21. The van der Waals surface area contributed by atoms with E-state index >= 15 is 0 Å². The first-order chi connectivity index (χ1) is 10.3. The zero-order valence-electron chi connectivity index (χ0n) is 11.5. The molecule has 0 saturated carbocycles. The molecule has 3 heterocycles. The molecule has 1 amide bonds. The van der Waals surface area contributed by atoms with Gasteiger partial charge in [-0.05, 0) is 18.9 Å². The number of aryl methyl sites for hydroxylation is 1. The lowest BCUT2D eigenvalue weighted by molar-refractivity contribution is 0.0957. The van der Waals surface area contributed by atoms with Crippen LogP contribution in [0.15, 0.2) is 42.7 Å². The lowest BCUT2D eigenvalue weighted by Gasteiger charge is -2.04. The van der Waals surface area contributed by atoms with Gasteiger partial charge in [0.15, 0.2) is 0 Å². The number of pyridine rings is 1. The quantitative estimate of drug-likeness (QED) is 0.718. The number of carbonyl (C=O) groups excluding carboxylic acids is 1. The van der Waals surface area contributed by atoms with Crippen molar-refractivity contribution in [3.63, 3.8) is 0 Å². The van der Waals surface area contributed by atoms with E-state index < -0.39 is 0 Å². The summed E-state index contributed by atoms with van der Waals surface area (Å²) < 4.78 is 0. The van der Waals surface area contributed by atoms with E-state index in [0.29, 0.717) is 0 Å². The number of hydrogen-bond acceptors (Lipinski definition) is 2. The maximum Gasteiger partial charge on any atom is 0.253 e. The highest BCUT2D eigenvalue weighted by atomic mass is 16.1. The molecule has 3 aromatic rings. The monoisotopic (exact) mass is 277 g/mol. The number of rotatable bonds is 1. The Labute approximate surface area is 122 Å². The third-order valence-electron chi connectivity index (χ3n) is 4.00. The van der Waals surface area contributed by atoms with Gasteiger partial charge in [-0.25, -0.2) is 0 Å². The van der Waals surface area contributed by atoms with Crippen molar-refractivity contribution < 1.29 is 4.79 Å². The Bertz CT molecular complexity index is 821. The van der Waals surface area contributed by atoms with E-state index in [0.717, 1.165) is 52.7 Å². The number of aromatic amines is 1. The predicted octanol–water partition coefficient (Wildman–Crippen LogP) is 2.91. The fourth-order valence-electron chi connectivity index (χ4n) is 3.04. The minimum absolute atomic E-state index is 0.0251. The van der Waals surface area contributed by atoms with Gasteiger partial charge < -0.3 is 10.3 Å². The second-order valence-electron chi connectivity index (χ2n) is 5.31. The smallest absolute Gasteiger partial charge is 0.253 e. The van der Waals surface area contributed by atoms with Crippen LogP contribution < -0.4 is 5.32 Å². The van der Waals surface area contributed by atoms with Crippen LogP contribution in [0.3, 0.4) is 0 Å². The van der Waals surface area contributed by atoms with Gasteiger partial charge in [0, 0.05) is 41.1 Å². The third-order valence-corrected chi connectivity index (χ3v) is 4.00. The molecule has 0 radical (unpaired) electrons. The number of aromatic nitrogens is 2. The van der Waals surface area contributed by atoms with Crippen LogP contribution in [-0.4, -0.2) is 22.4 Å². The van der Waals surface area contributed by atoms with Crippen LogP contribution in [0.2, 0.25) is 0 Å². The van der Waals surface area contributed by atoms with E-state index in [4.69, 9.17) is 0 Å². The topological polar surface area (TPSA) is 57.8 Å². The summed E-state index contributed by atoms with van der Waals surface area (Å²) in [7, 11) is 0. The number of carbonyl (C=O) groups is 1. The average Bonchev–Trinajstić information content (AvgIpc) is 2.81. The molecule has 0 saturated heterocycles. The Morgan fingerprint density at radius 2 is 2.10 bits per heavy atom. The molecule has 4 nitrogen and oxygen atoms in total. The van der Waals surface area contributed by atoms with Gasteiger partial charge >= 0.3 is 0 Å². The molecule has 1 aromatic carbocycles. The number of fused-ring (bicyclic) bond motifs is 3. The standard InChI is InChI=1S/C17H15N3O/c21-17-15-13-6-1-5-12(11-4-2-8-18-10-11)16(13)20-14(15)7-3-9-19-17/h1-2,4-6,8,10,20H,3,7,9H2,(H,19,21). The highest BCUT2D eigenvalue weighted by molar-refractivity contribution is 6.11. The Morgan fingerprint density at radius 1 is 1.14 bits per heavy atom. The Hall–Kier alpha value is -2.62. The van der Waals surface area contributed by atoms with Crippen molar-refractivity contribution in [3.05, 3.63) is 54.0 Å². The fraction of sp³-hybridized carbons (Fsp3) is 0.176. The number of H-pyrrole nitrogens is 1. The lowest BCUT2D eigenvalue weighted by Crippen LogP contribution is -2.22.